The molecule has 11 aromatic rings. The van der Waals surface area contributed by atoms with Gasteiger partial charge in [0.2, 0.25) is 0 Å². The maximum atomic E-state index is 6.31. The minimum atomic E-state index is 0. The predicted octanol–water partition coefficient (Wildman–Crippen LogP) is 16.8. The number of benzene rings is 9. The Morgan fingerprint density at radius 1 is 0.347 bits per heavy atom. The number of nitrogens with zero attached hydrogens (tertiary/aromatic N) is 3. The summed E-state index contributed by atoms with van der Waals surface area (Å²) in [5.41, 5.74) is 20.8. The van der Waals surface area contributed by atoms with Crippen LogP contribution in [0.1, 0.15) is 5.56 Å². The third-order valence-electron chi connectivity index (χ3n) is 13.0. The van der Waals surface area contributed by atoms with Gasteiger partial charge in [0.05, 0.1) is 0 Å². The molecule has 0 aliphatic carbocycles. The molecule has 1 aliphatic heterocycles. The molecule has 0 unspecified atom stereocenters. The summed E-state index contributed by atoms with van der Waals surface area (Å²) in [5, 5.41) is 0. The molecule has 4 nitrogen and oxygen atoms in total. The Morgan fingerprint density at radius 2 is 0.806 bits per heavy atom. The van der Waals surface area contributed by atoms with Crippen LogP contribution in [0.4, 0.5) is 5.69 Å². The number of aromatic nitrogens is 2. The number of anilines is 1. The third kappa shape index (κ3) is 9.47. The van der Waals surface area contributed by atoms with Crippen molar-refractivity contribution in [3.63, 3.8) is 0 Å². The van der Waals surface area contributed by atoms with E-state index in [0.717, 1.165) is 106 Å². The Kier molecular flexibility index (Phi) is 13.1. The molecule has 0 amide bonds. The number of ether oxygens (including phenoxy) is 1. The Hall–Kier alpha value is -8.73. The summed E-state index contributed by atoms with van der Waals surface area (Å²) >= 11 is 0. The molecule has 2 aromatic heterocycles. The van der Waals surface area contributed by atoms with E-state index in [-0.39, 0.29) is 20.1 Å². The van der Waals surface area contributed by atoms with Crippen LogP contribution < -0.4 is 4.90 Å². The predicted molar refractivity (Wildman–Crippen MR) is 290 cm³/mol. The van der Waals surface area contributed by atoms with Gasteiger partial charge < -0.3 is 19.6 Å². The maximum absolute atomic E-state index is 6.31. The average molecular weight is 1100 g/mol. The van der Waals surface area contributed by atoms with E-state index in [9.17, 15) is 0 Å². The molecule has 12 rings (SSSR count). The first-order valence-corrected chi connectivity index (χ1v) is 23.7. The first-order chi connectivity index (χ1) is 35.2. The van der Waals surface area contributed by atoms with E-state index in [2.05, 4.69) is 194 Å². The third-order valence-corrected chi connectivity index (χ3v) is 13.0. The molecule has 0 bridgehead atoms. The van der Waals surface area contributed by atoms with Crippen LogP contribution in [0.25, 0.3) is 106 Å². The van der Waals surface area contributed by atoms with E-state index in [0.29, 0.717) is 0 Å². The monoisotopic (exact) mass is 1100 g/mol. The molecule has 0 spiro atoms. The smallest absolute Gasteiger partial charge is 0.108 e. The zero-order valence-corrected chi connectivity index (χ0v) is 41.3. The van der Waals surface area contributed by atoms with E-state index in [1.165, 1.54) is 11.1 Å². The minimum absolute atomic E-state index is 0. The fourth-order valence-corrected chi connectivity index (χ4v) is 9.38. The SMILES string of the molecule is [Ir].[c-]1ccccc1-c1ccc(-c2ccccc2-c2cc(-c3ccccc3C3=CN(c4[c-]cccc4)[CH-]O3)cc(-c3ccccc3-c3ccc(-c4[c-]ccc(-c5ccc(-c6ccccc6)cc5)c4)nc3)c2)cn1. The second-order valence-electron chi connectivity index (χ2n) is 17.4. The van der Waals surface area contributed by atoms with E-state index >= 15 is 0 Å². The molecule has 1 radical (unpaired) electrons. The van der Waals surface area contributed by atoms with Crippen molar-refractivity contribution in [1.82, 2.24) is 9.97 Å². The van der Waals surface area contributed by atoms with Crippen molar-refractivity contribution in [2.45, 2.75) is 0 Å². The molecule has 0 N–H and O–H groups in total. The summed E-state index contributed by atoms with van der Waals surface area (Å²) < 4.78 is 6.31. The fourth-order valence-electron chi connectivity index (χ4n) is 9.38. The van der Waals surface area contributed by atoms with Crippen LogP contribution in [-0.4, -0.2) is 9.97 Å². The number of pyridine rings is 2. The van der Waals surface area contributed by atoms with E-state index in [4.69, 9.17) is 14.7 Å². The summed E-state index contributed by atoms with van der Waals surface area (Å²) in [7, 11) is 0. The van der Waals surface area contributed by atoms with Crippen molar-refractivity contribution < 1.29 is 24.8 Å². The molecule has 0 saturated carbocycles. The van der Waals surface area contributed by atoms with Crippen LogP contribution in [0.2, 0.25) is 0 Å². The van der Waals surface area contributed by atoms with Crippen LogP contribution in [0.5, 0.6) is 0 Å². The molecule has 1 aliphatic rings. The van der Waals surface area contributed by atoms with Gasteiger partial charge in [0.1, 0.15) is 5.76 Å². The van der Waals surface area contributed by atoms with Crippen LogP contribution >= 0.6 is 0 Å². The standard InChI is InChI=1S/C67H43N3O.Ir/c1-4-17-47(18-5-1)48-31-33-49(34-32-48)51-21-16-22-52(39-51)66-38-36-54(44-69-66)60-26-11-13-28-62(60)56-40-55(61-27-12-10-25-59(61)53-35-37-65(68-43-53)50-19-6-2-7-20-50)41-57(42-56)63-29-14-15-30-64(63)67-45-70(46-71-67)58-23-8-3-9-24-58;/h1-19,21,23,25-46H;/q-4;. The Bertz CT molecular complexity index is 3670. The van der Waals surface area contributed by atoms with Crippen molar-refractivity contribution in [2.24, 2.45) is 0 Å². The molecule has 345 valence electrons. The van der Waals surface area contributed by atoms with Gasteiger partial charge in [-0.15, -0.1) is 77.0 Å². The quantitative estimate of drug-likeness (QED) is 0.121. The van der Waals surface area contributed by atoms with Gasteiger partial charge in [0.25, 0.3) is 0 Å². The molecule has 3 heterocycles. The first kappa shape index (κ1) is 45.7. The van der Waals surface area contributed by atoms with Crippen LogP contribution in [0.15, 0.2) is 255 Å². The Balaban J connectivity index is 0.00000560. The number of rotatable bonds is 11. The van der Waals surface area contributed by atoms with E-state index < -0.39 is 0 Å². The van der Waals surface area contributed by atoms with Crippen molar-refractivity contribution in [1.29, 1.82) is 0 Å². The van der Waals surface area contributed by atoms with Gasteiger partial charge in [-0.2, -0.15) is 30.3 Å². The van der Waals surface area contributed by atoms with Gasteiger partial charge in [0.15, 0.2) is 0 Å². The summed E-state index contributed by atoms with van der Waals surface area (Å²) in [5.74, 6) is 0.752. The topological polar surface area (TPSA) is 38.2 Å². The summed E-state index contributed by atoms with van der Waals surface area (Å²) in [6.45, 7) is 1.74. The van der Waals surface area contributed by atoms with Gasteiger partial charge in [-0.25, -0.2) is 0 Å². The molecule has 0 atom stereocenters. The van der Waals surface area contributed by atoms with Crippen molar-refractivity contribution in [2.75, 3.05) is 4.90 Å². The maximum Gasteiger partial charge on any atom is 0.108 e. The molecule has 72 heavy (non-hydrogen) atoms. The molecule has 0 saturated heterocycles. The Morgan fingerprint density at radius 3 is 1.35 bits per heavy atom. The Labute approximate surface area is 434 Å². The van der Waals surface area contributed by atoms with Crippen LogP contribution in [0.3, 0.4) is 0 Å². The second kappa shape index (κ2) is 20.7. The summed E-state index contributed by atoms with van der Waals surface area (Å²) in [4.78, 5) is 11.9. The number of hydrogen-bond donors (Lipinski definition) is 0. The second-order valence-corrected chi connectivity index (χ2v) is 17.4. The molecule has 9 aromatic carbocycles. The zero-order valence-electron chi connectivity index (χ0n) is 38.9. The van der Waals surface area contributed by atoms with E-state index in [1.807, 2.05) is 84.2 Å². The van der Waals surface area contributed by atoms with Crippen molar-refractivity contribution >= 4 is 11.4 Å². The fraction of sp³-hybridized carbons (Fsp3) is 0. The average Bonchev–Trinajstić information content (AvgIpc) is 3.97. The molecular formula is C67H43IrN3O-4. The van der Waals surface area contributed by atoms with Gasteiger partial charge in [-0.3, -0.25) is 0 Å². The number of hydrogen-bond acceptors (Lipinski definition) is 4. The van der Waals surface area contributed by atoms with Crippen molar-refractivity contribution in [3.05, 3.63) is 286 Å². The largest absolute Gasteiger partial charge is 0.640 e. The number of para-hydroxylation sites is 1. The normalized spacial score (nSPS) is 11.9. The van der Waals surface area contributed by atoms with Crippen LogP contribution in [0, 0.1) is 24.9 Å². The van der Waals surface area contributed by atoms with Crippen LogP contribution in [-0.2, 0) is 24.8 Å². The minimum Gasteiger partial charge on any atom is -0.640 e. The molecular weight excluding hydrogens is 1050 g/mol. The molecule has 0 fully saturated rings. The van der Waals surface area contributed by atoms with Gasteiger partial charge in [-0.1, -0.05) is 158 Å². The summed E-state index contributed by atoms with van der Waals surface area (Å²) in [6, 6.07) is 92.4. The van der Waals surface area contributed by atoms with Gasteiger partial charge in [0, 0.05) is 44.3 Å². The zero-order chi connectivity index (χ0) is 47.3. The van der Waals surface area contributed by atoms with Crippen molar-refractivity contribution in [3.8, 4) is 100 Å². The van der Waals surface area contributed by atoms with E-state index in [1.54, 1.807) is 6.73 Å². The first-order valence-electron chi connectivity index (χ1n) is 23.7. The summed E-state index contributed by atoms with van der Waals surface area (Å²) in [6.07, 6.45) is 5.98. The van der Waals surface area contributed by atoms with Gasteiger partial charge >= 0.3 is 0 Å². The molecule has 5 heteroatoms. The van der Waals surface area contributed by atoms with Gasteiger partial charge in [-0.05, 0) is 102 Å².